The van der Waals surface area contributed by atoms with Crippen LogP contribution in [-0.2, 0) is 24.9 Å². The van der Waals surface area contributed by atoms with Gasteiger partial charge in [-0.05, 0) is 53.9 Å². The van der Waals surface area contributed by atoms with Crippen LogP contribution in [0.25, 0.3) is 0 Å². The largest absolute Gasteiger partial charge is 0.496 e. The maximum Gasteiger partial charge on any atom is 0.254 e. The van der Waals surface area contributed by atoms with Gasteiger partial charge in [0.15, 0.2) is 0 Å². The quantitative estimate of drug-likeness (QED) is 0.883. The van der Waals surface area contributed by atoms with E-state index in [2.05, 4.69) is 19.2 Å². The van der Waals surface area contributed by atoms with Crippen LogP contribution in [0.15, 0.2) is 30.3 Å². The van der Waals surface area contributed by atoms with Crippen LogP contribution in [0.4, 0.5) is 4.39 Å². The van der Waals surface area contributed by atoms with Crippen molar-refractivity contribution in [1.82, 2.24) is 10.2 Å². The Kier molecular flexibility index (Phi) is 4.42. The van der Waals surface area contributed by atoms with Gasteiger partial charge in [-0.25, -0.2) is 4.39 Å². The molecule has 0 unspecified atom stereocenters. The maximum absolute atomic E-state index is 13.7. The number of halogens is 1. The van der Waals surface area contributed by atoms with Gasteiger partial charge in [-0.15, -0.1) is 0 Å². The van der Waals surface area contributed by atoms with Crippen molar-refractivity contribution in [3.05, 3.63) is 64.0 Å². The summed E-state index contributed by atoms with van der Waals surface area (Å²) in [6.45, 7) is 6.79. The van der Waals surface area contributed by atoms with E-state index in [0.29, 0.717) is 19.6 Å². The van der Waals surface area contributed by atoms with Gasteiger partial charge >= 0.3 is 0 Å². The number of rotatable bonds is 2. The third kappa shape index (κ3) is 3.10. The van der Waals surface area contributed by atoms with Crippen LogP contribution in [-0.4, -0.2) is 31.0 Å². The molecule has 0 fully saturated rings. The van der Waals surface area contributed by atoms with Crippen LogP contribution in [0.5, 0.6) is 5.75 Å². The molecule has 2 aliphatic heterocycles. The first-order chi connectivity index (χ1) is 12.9. The van der Waals surface area contributed by atoms with E-state index in [1.165, 1.54) is 6.07 Å². The van der Waals surface area contributed by atoms with Gasteiger partial charge in [0.25, 0.3) is 5.91 Å². The summed E-state index contributed by atoms with van der Waals surface area (Å²) in [5.74, 6) is 0.644. The average Bonchev–Trinajstić information content (AvgIpc) is 2.66. The Morgan fingerprint density at radius 3 is 2.81 bits per heavy atom. The molecule has 0 aromatic heterocycles. The number of amides is 1. The first kappa shape index (κ1) is 18.0. The summed E-state index contributed by atoms with van der Waals surface area (Å²) >= 11 is 0. The highest BCUT2D eigenvalue weighted by Crippen LogP contribution is 2.36. The summed E-state index contributed by atoms with van der Waals surface area (Å²) in [6, 6.07) is 8.66. The lowest BCUT2D eigenvalue weighted by Crippen LogP contribution is -2.45. The fourth-order valence-electron chi connectivity index (χ4n) is 4.42. The number of nitrogens with one attached hydrogen (secondary N) is 1. The van der Waals surface area contributed by atoms with Crippen LogP contribution in [0.3, 0.4) is 0 Å². The van der Waals surface area contributed by atoms with Crippen LogP contribution in [0, 0.1) is 5.82 Å². The SMILES string of the molecule is COc1ccc(C(=O)N2Cc3ccc(F)cc3C(C)(C)C2)c2c1CNCC2. The molecule has 0 saturated carbocycles. The number of hydrogen-bond donors (Lipinski definition) is 1. The highest BCUT2D eigenvalue weighted by molar-refractivity contribution is 5.96. The number of benzene rings is 2. The molecule has 0 radical (unpaired) electrons. The van der Waals surface area contributed by atoms with Gasteiger partial charge in [-0.2, -0.15) is 0 Å². The van der Waals surface area contributed by atoms with Crippen molar-refractivity contribution in [2.45, 2.75) is 38.8 Å². The molecule has 2 aromatic carbocycles. The number of hydrogen-bond acceptors (Lipinski definition) is 3. The lowest BCUT2D eigenvalue weighted by Gasteiger charge is -2.40. The Morgan fingerprint density at radius 2 is 2.04 bits per heavy atom. The van der Waals surface area contributed by atoms with E-state index in [1.54, 1.807) is 19.2 Å². The van der Waals surface area contributed by atoms with Crippen molar-refractivity contribution >= 4 is 5.91 Å². The molecule has 0 aliphatic carbocycles. The summed E-state index contributed by atoms with van der Waals surface area (Å²) in [6.07, 6.45) is 0.812. The van der Waals surface area contributed by atoms with E-state index in [1.807, 2.05) is 17.0 Å². The third-order valence-corrected chi connectivity index (χ3v) is 5.73. The molecule has 2 aromatic rings. The molecule has 5 heteroatoms. The fraction of sp³-hybridized carbons (Fsp3) is 0.409. The summed E-state index contributed by atoms with van der Waals surface area (Å²) in [5, 5.41) is 3.35. The highest BCUT2D eigenvalue weighted by Gasteiger charge is 2.35. The van der Waals surface area contributed by atoms with Crippen LogP contribution in [0.1, 0.15) is 46.5 Å². The zero-order valence-corrected chi connectivity index (χ0v) is 16.1. The molecule has 142 valence electrons. The summed E-state index contributed by atoms with van der Waals surface area (Å²) in [4.78, 5) is 15.3. The molecule has 2 aliphatic rings. The minimum absolute atomic E-state index is 0.0406. The van der Waals surface area contributed by atoms with Crippen molar-refractivity contribution in [1.29, 1.82) is 0 Å². The van der Waals surface area contributed by atoms with Crippen LogP contribution >= 0.6 is 0 Å². The normalized spacial score (nSPS) is 17.9. The van der Waals surface area contributed by atoms with Crippen molar-refractivity contribution in [3.63, 3.8) is 0 Å². The van der Waals surface area contributed by atoms with Gasteiger partial charge in [0.05, 0.1) is 7.11 Å². The molecule has 27 heavy (non-hydrogen) atoms. The zero-order valence-electron chi connectivity index (χ0n) is 16.1. The van der Waals surface area contributed by atoms with Crippen molar-refractivity contribution in [2.75, 3.05) is 20.2 Å². The van der Waals surface area contributed by atoms with Gasteiger partial charge in [0.2, 0.25) is 0 Å². The van der Waals surface area contributed by atoms with Crippen LogP contribution in [0.2, 0.25) is 0 Å². The Morgan fingerprint density at radius 1 is 1.22 bits per heavy atom. The average molecular weight is 368 g/mol. The molecule has 4 rings (SSSR count). The minimum atomic E-state index is -0.292. The predicted molar refractivity (Wildman–Crippen MR) is 103 cm³/mol. The zero-order chi connectivity index (χ0) is 19.2. The van der Waals surface area contributed by atoms with Gasteiger partial charge < -0.3 is 15.0 Å². The molecular weight excluding hydrogens is 343 g/mol. The molecule has 0 spiro atoms. The fourth-order valence-corrected chi connectivity index (χ4v) is 4.42. The minimum Gasteiger partial charge on any atom is -0.496 e. The van der Waals surface area contributed by atoms with Crippen molar-refractivity contribution < 1.29 is 13.9 Å². The third-order valence-electron chi connectivity index (χ3n) is 5.73. The van der Waals surface area contributed by atoms with E-state index >= 15 is 0 Å². The lowest BCUT2D eigenvalue weighted by molar-refractivity contribution is 0.0684. The molecule has 1 amide bonds. The standard InChI is InChI=1S/C22H25FN2O2/c1-22(2)13-25(12-14-4-5-15(23)10-19(14)22)21(26)17-6-7-20(27-3)18-11-24-9-8-16(17)18/h4-7,10,24H,8-9,11-13H2,1-3H3. The molecule has 0 atom stereocenters. The number of carbonyl (C=O) groups excluding carboxylic acids is 1. The van der Waals surface area contributed by atoms with E-state index in [4.69, 9.17) is 4.74 Å². The van der Waals surface area contributed by atoms with Gasteiger partial charge in [0, 0.05) is 36.2 Å². The maximum atomic E-state index is 13.7. The monoisotopic (exact) mass is 368 g/mol. The molecule has 4 nitrogen and oxygen atoms in total. The molecule has 0 bridgehead atoms. The second-order valence-electron chi connectivity index (χ2n) is 8.05. The van der Waals surface area contributed by atoms with E-state index in [9.17, 15) is 9.18 Å². The summed E-state index contributed by atoms with van der Waals surface area (Å²) in [5.41, 5.74) is 4.64. The van der Waals surface area contributed by atoms with E-state index in [0.717, 1.165) is 46.5 Å². The topological polar surface area (TPSA) is 41.6 Å². The molecule has 2 heterocycles. The number of methoxy groups -OCH3 is 1. The Labute approximate surface area is 159 Å². The number of carbonyl (C=O) groups is 1. The molecule has 1 N–H and O–H groups in total. The smallest absolute Gasteiger partial charge is 0.254 e. The van der Waals surface area contributed by atoms with E-state index in [-0.39, 0.29) is 17.1 Å². The molecular formula is C22H25FN2O2. The van der Waals surface area contributed by atoms with E-state index < -0.39 is 0 Å². The van der Waals surface area contributed by atoms with Crippen molar-refractivity contribution in [3.8, 4) is 5.75 Å². The van der Waals surface area contributed by atoms with Crippen LogP contribution < -0.4 is 10.1 Å². The number of ether oxygens (including phenoxy) is 1. The second-order valence-corrected chi connectivity index (χ2v) is 8.05. The Bertz CT molecular complexity index is 907. The second kappa shape index (κ2) is 6.64. The predicted octanol–water partition coefficient (Wildman–Crippen LogP) is 3.41. The Hall–Kier alpha value is -2.40. The molecule has 0 saturated heterocycles. The van der Waals surface area contributed by atoms with Gasteiger partial charge in [-0.3, -0.25) is 4.79 Å². The first-order valence-corrected chi connectivity index (χ1v) is 9.38. The highest BCUT2D eigenvalue weighted by atomic mass is 19.1. The van der Waals surface area contributed by atoms with Crippen molar-refractivity contribution in [2.24, 2.45) is 0 Å². The summed E-state index contributed by atoms with van der Waals surface area (Å²) in [7, 11) is 1.66. The first-order valence-electron chi connectivity index (χ1n) is 9.38. The lowest BCUT2D eigenvalue weighted by atomic mass is 9.78. The Balaban J connectivity index is 1.71. The van der Waals surface area contributed by atoms with Gasteiger partial charge in [-0.1, -0.05) is 19.9 Å². The van der Waals surface area contributed by atoms with Gasteiger partial charge in [0.1, 0.15) is 11.6 Å². The summed E-state index contributed by atoms with van der Waals surface area (Å²) < 4.78 is 19.2. The number of nitrogens with zero attached hydrogens (tertiary/aromatic N) is 1. The number of fused-ring (bicyclic) bond motifs is 2.